The number of nitrogens with zero attached hydrogens (tertiary/aromatic N) is 1. The normalized spacial score (nSPS) is 18.6. The molecule has 1 aliphatic rings. The number of hydrogen-bond donors (Lipinski definition) is 1. The Kier molecular flexibility index (Phi) is 5.07. The average Bonchev–Trinajstić information content (AvgIpc) is 2.93. The van der Waals surface area contributed by atoms with Crippen LogP contribution in [0.5, 0.6) is 0 Å². The van der Waals surface area contributed by atoms with Crippen molar-refractivity contribution in [3.63, 3.8) is 0 Å². The van der Waals surface area contributed by atoms with Gasteiger partial charge in [-0.25, -0.2) is 0 Å². The third-order valence-electron chi connectivity index (χ3n) is 4.51. The highest BCUT2D eigenvalue weighted by atomic mass is 16.5. The monoisotopic (exact) mass is 365 g/mol. The predicted octanol–water partition coefficient (Wildman–Crippen LogP) is 2.59. The Balaban J connectivity index is 2.17. The zero-order chi connectivity index (χ0) is 19.6. The summed E-state index contributed by atoms with van der Waals surface area (Å²) in [5.74, 6) is -2.59. The molecule has 0 aromatic heterocycles. The van der Waals surface area contributed by atoms with Gasteiger partial charge in [0, 0.05) is 5.56 Å². The van der Waals surface area contributed by atoms with Gasteiger partial charge >= 0.3 is 5.97 Å². The molecule has 0 saturated carbocycles. The number of carbonyl (C=O) groups excluding carboxylic acids is 3. The van der Waals surface area contributed by atoms with Crippen LogP contribution in [-0.4, -0.2) is 41.3 Å². The molecule has 1 aliphatic heterocycles. The molecule has 27 heavy (non-hydrogen) atoms. The van der Waals surface area contributed by atoms with Crippen molar-refractivity contribution in [3.8, 4) is 0 Å². The number of esters is 1. The number of ether oxygens (including phenoxy) is 1. The van der Waals surface area contributed by atoms with Crippen molar-refractivity contribution < 1.29 is 24.2 Å². The summed E-state index contributed by atoms with van der Waals surface area (Å²) in [4.78, 5) is 38.2. The molecular formula is C21H19NO5. The second-order valence-electron chi connectivity index (χ2n) is 6.28. The average molecular weight is 365 g/mol. The van der Waals surface area contributed by atoms with Gasteiger partial charge in [0.15, 0.2) is 0 Å². The third-order valence-corrected chi connectivity index (χ3v) is 4.51. The lowest BCUT2D eigenvalue weighted by atomic mass is 9.95. The molecule has 3 rings (SSSR count). The molecule has 138 valence electrons. The molecule has 0 bridgehead atoms. The summed E-state index contributed by atoms with van der Waals surface area (Å²) in [5.41, 5.74) is 2.01. The molecule has 2 aromatic carbocycles. The third kappa shape index (κ3) is 3.46. The molecule has 1 saturated heterocycles. The van der Waals surface area contributed by atoms with Gasteiger partial charge in [0.2, 0.25) is 0 Å². The lowest BCUT2D eigenvalue weighted by molar-refractivity contribution is -0.148. The topological polar surface area (TPSA) is 83.9 Å². The summed E-state index contributed by atoms with van der Waals surface area (Å²) < 4.78 is 4.66. The van der Waals surface area contributed by atoms with Crippen LogP contribution in [0.3, 0.4) is 0 Å². The van der Waals surface area contributed by atoms with Crippen LogP contribution < -0.4 is 0 Å². The molecule has 0 radical (unpaired) electrons. The highest BCUT2D eigenvalue weighted by Crippen LogP contribution is 2.39. The fraction of sp³-hybridized carbons (Fsp3) is 0.190. The van der Waals surface area contributed by atoms with Crippen LogP contribution in [0.2, 0.25) is 0 Å². The molecule has 1 amide bonds. The van der Waals surface area contributed by atoms with E-state index in [0.717, 1.165) is 10.5 Å². The fourth-order valence-electron chi connectivity index (χ4n) is 3.09. The quantitative estimate of drug-likeness (QED) is 0.390. The molecule has 1 heterocycles. The fourth-order valence-corrected chi connectivity index (χ4v) is 3.09. The highest BCUT2D eigenvalue weighted by molar-refractivity contribution is 6.46. The van der Waals surface area contributed by atoms with Gasteiger partial charge in [0.1, 0.15) is 12.3 Å². The maximum absolute atomic E-state index is 12.7. The van der Waals surface area contributed by atoms with E-state index in [1.807, 2.05) is 19.1 Å². The van der Waals surface area contributed by atoms with Crippen molar-refractivity contribution in [2.75, 3.05) is 13.7 Å². The summed E-state index contributed by atoms with van der Waals surface area (Å²) in [6.07, 6.45) is 0. The molecule has 0 spiro atoms. The molecule has 1 unspecified atom stereocenters. The van der Waals surface area contributed by atoms with E-state index in [1.54, 1.807) is 42.5 Å². The summed E-state index contributed by atoms with van der Waals surface area (Å²) in [7, 11) is 1.21. The Labute approximate surface area is 156 Å². The largest absolute Gasteiger partial charge is 0.507 e. The summed E-state index contributed by atoms with van der Waals surface area (Å²) >= 11 is 0. The second-order valence-corrected chi connectivity index (χ2v) is 6.28. The Morgan fingerprint density at radius 2 is 1.70 bits per heavy atom. The van der Waals surface area contributed by atoms with E-state index >= 15 is 0 Å². The SMILES string of the molecule is COC(=O)CN1C(=O)C(=O)C(=C(O)c2ccccc2)C1c1ccc(C)cc1. The van der Waals surface area contributed by atoms with E-state index in [4.69, 9.17) is 0 Å². The number of hydrogen-bond acceptors (Lipinski definition) is 5. The standard InChI is InChI=1S/C21H19NO5/c1-13-8-10-14(11-9-13)18-17(19(24)15-6-4-3-5-7-15)20(25)21(26)22(18)12-16(23)27-2/h3-11,18,24H,12H2,1-2H3. The van der Waals surface area contributed by atoms with Gasteiger partial charge in [-0.1, -0.05) is 60.2 Å². The maximum atomic E-state index is 12.7. The zero-order valence-electron chi connectivity index (χ0n) is 15.0. The van der Waals surface area contributed by atoms with Gasteiger partial charge in [0.25, 0.3) is 11.7 Å². The molecule has 1 N–H and O–H groups in total. The minimum absolute atomic E-state index is 0.0426. The number of methoxy groups -OCH3 is 1. The molecule has 2 aromatic rings. The number of aliphatic hydroxyl groups excluding tert-OH is 1. The number of likely N-dealkylation sites (tertiary alicyclic amines) is 1. The van der Waals surface area contributed by atoms with E-state index in [9.17, 15) is 19.5 Å². The van der Waals surface area contributed by atoms with E-state index in [1.165, 1.54) is 7.11 Å². The van der Waals surface area contributed by atoms with Crippen LogP contribution in [0.4, 0.5) is 0 Å². The van der Waals surface area contributed by atoms with Crippen LogP contribution in [0.15, 0.2) is 60.2 Å². The number of Topliss-reactive ketones (excluding diaryl/α,β-unsaturated/α-hetero) is 1. The first-order valence-corrected chi connectivity index (χ1v) is 8.41. The van der Waals surface area contributed by atoms with Crippen molar-refractivity contribution in [2.24, 2.45) is 0 Å². The number of aryl methyl sites for hydroxylation is 1. The van der Waals surface area contributed by atoms with Crippen molar-refractivity contribution in [3.05, 3.63) is 76.9 Å². The molecule has 6 nitrogen and oxygen atoms in total. The molecule has 1 atom stereocenters. The number of amides is 1. The zero-order valence-corrected chi connectivity index (χ0v) is 15.0. The van der Waals surface area contributed by atoms with Gasteiger partial charge < -0.3 is 14.7 Å². The van der Waals surface area contributed by atoms with Gasteiger partial charge in [-0.15, -0.1) is 0 Å². The van der Waals surface area contributed by atoms with Crippen molar-refractivity contribution >= 4 is 23.4 Å². The molecule has 0 aliphatic carbocycles. The Morgan fingerprint density at radius 3 is 2.30 bits per heavy atom. The first-order valence-electron chi connectivity index (χ1n) is 8.41. The van der Waals surface area contributed by atoms with Crippen molar-refractivity contribution in [1.29, 1.82) is 0 Å². The lowest BCUT2D eigenvalue weighted by Gasteiger charge is -2.24. The van der Waals surface area contributed by atoms with E-state index in [0.29, 0.717) is 11.1 Å². The Morgan fingerprint density at radius 1 is 1.07 bits per heavy atom. The van der Waals surface area contributed by atoms with Crippen LogP contribution >= 0.6 is 0 Å². The summed E-state index contributed by atoms with van der Waals surface area (Å²) in [6.45, 7) is 1.53. The van der Waals surface area contributed by atoms with Crippen molar-refractivity contribution in [2.45, 2.75) is 13.0 Å². The van der Waals surface area contributed by atoms with Crippen LogP contribution in [0.25, 0.3) is 5.76 Å². The Bertz CT molecular complexity index is 915. The minimum Gasteiger partial charge on any atom is -0.507 e. The van der Waals surface area contributed by atoms with Crippen LogP contribution in [-0.2, 0) is 19.1 Å². The highest BCUT2D eigenvalue weighted by Gasteiger charge is 2.46. The lowest BCUT2D eigenvalue weighted by Crippen LogP contribution is -2.35. The summed E-state index contributed by atoms with van der Waals surface area (Å²) in [5, 5.41) is 10.8. The first-order chi connectivity index (χ1) is 12.9. The molecule has 1 fully saturated rings. The van der Waals surface area contributed by atoms with E-state index in [2.05, 4.69) is 4.74 Å². The second kappa shape index (κ2) is 7.45. The number of ketones is 1. The molecular weight excluding hydrogens is 346 g/mol. The number of carbonyl (C=O) groups is 3. The number of aliphatic hydroxyl groups is 1. The number of rotatable bonds is 4. The maximum Gasteiger partial charge on any atom is 0.325 e. The van der Waals surface area contributed by atoms with Crippen LogP contribution in [0.1, 0.15) is 22.7 Å². The van der Waals surface area contributed by atoms with E-state index in [-0.39, 0.29) is 17.9 Å². The van der Waals surface area contributed by atoms with Crippen molar-refractivity contribution in [1.82, 2.24) is 4.90 Å². The molecule has 6 heteroatoms. The Hall–Kier alpha value is -3.41. The predicted molar refractivity (Wildman–Crippen MR) is 98.6 cm³/mol. The minimum atomic E-state index is -0.870. The van der Waals surface area contributed by atoms with E-state index < -0.39 is 23.7 Å². The number of benzene rings is 2. The van der Waals surface area contributed by atoms with Gasteiger partial charge in [-0.05, 0) is 12.5 Å². The van der Waals surface area contributed by atoms with Gasteiger partial charge in [-0.2, -0.15) is 0 Å². The van der Waals surface area contributed by atoms with Crippen LogP contribution in [0, 0.1) is 6.92 Å². The van der Waals surface area contributed by atoms with Gasteiger partial charge in [-0.3, -0.25) is 14.4 Å². The van der Waals surface area contributed by atoms with Gasteiger partial charge in [0.05, 0.1) is 18.7 Å². The smallest absolute Gasteiger partial charge is 0.325 e. The first kappa shape index (κ1) is 18.4. The summed E-state index contributed by atoms with van der Waals surface area (Å²) in [6, 6.07) is 14.9.